The van der Waals surface area contributed by atoms with E-state index in [-0.39, 0.29) is 23.8 Å². The maximum Gasteiger partial charge on any atom is 0.253 e. The van der Waals surface area contributed by atoms with E-state index >= 15 is 0 Å². The lowest BCUT2D eigenvalue weighted by atomic mass is 10.0. The van der Waals surface area contributed by atoms with E-state index in [0.717, 1.165) is 23.0 Å². The summed E-state index contributed by atoms with van der Waals surface area (Å²) in [5, 5.41) is 2.86. The molecule has 152 valence electrons. The van der Waals surface area contributed by atoms with E-state index in [2.05, 4.69) is 5.32 Å². The Morgan fingerprint density at radius 1 is 0.786 bits per heavy atom. The number of benzene rings is 1. The second-order valence-electron chi connectivity index (χ2n) is 7.24. The van der Waals surface area contributed by atoms with Gasteiger partial charge in [-0.25, -0.2) is 0 Å². The third kappa shape index (κ3) is 5.23. The molecule has 8 heteroatoms. The zero-order valence-electron chi connectivity index (χ0n) is 16.4. The van der Waals surface area contributed by atoms with Crippen LogP contribution in [0.25, 0.3) is 0 Å². The minimum Gasteiger partial charge on any atom is -0.350 e. The quantitative estimate of drug-likeness (QED) is 0.807. The van der Waals surface area contributed by atoms with Crippen molar-refractivity contribution in [1.82, 2.24) is 15.1 Å². The molecule has 2 aliphatic heterocycles. The van der Waals surface area contributed by atoms with Gasteiger partial charge in [0.25, 0.3) is 17.7 Å². The Kier molecular flexibility index (Phi) is 7.29. The van der Waals surface area contributed by atoms with Crippen LogP contribution in [0, 0.1) is 0 Å². The molecule has 6 nitrogen and oxygen atoms in total. The fraction of sp³-hybridized carbons (Fsp3) is 0.550. The molecule has 1 N–H and O–H groups in total. The molecule has 1 aromatic rings. The van der Waals surface area contributed by atoms with Crippen LogP contribution in [0.2, 0.25) is 0 Å². The highest BCUT2D eigenvalue weighted by Gasteiger charge is 2.24. The van der Waals surface area contributed by atoms with Crippen LogP contribution in [-0.2, 0) is 0 Å². The maximum atomic E-state index is 13.0. The second kappa shape index (κ2) is 9.69. The maximum absolute atomic E-state index is 13.0. The number of rotatable bonds is 4. The summed E-state index contributed by atoms with van der Waals surface area (Å²) in [4.78, 5) is 42.2. The fourth-order valence-corrected chi connectivity index (χ4v) is 5.06. The van der Waals surface area contributed by atoms with Crippen LogP contribution < -0.4 is 5.32 Å². The highest BCUT2D eigenvalue weighted by Crippen LogP contribution is 2.19. The minimum atomic E-state index is -0.262. The van der Waals surface area contributed by atoms with Crippen molar-refractivity contribution in [1.29, 1.82) is 0 Å². The van der Waals surface area contributed by atoms with Gasteiger partial charge in [0.05, 0.1) is 0 Å². The van der Waals surface area contributed by atoms with E-state index < -0.39 is 0 Å². The molecule has 1 aromatic carbocycles. The molecular formula is C20H27N3O3S2. The van der Waals surface area contributed by atoms with Gasteiger partial charge in [-0.2, -0.15) is 23.5 Å². The predicted molar refractivity (Wildman–Crippen MR) is 116 cm³/mol. The first-order chi connectivity index (χ1) is 13.5. The lowest BCUT2D eigenvalue weighted by Crippen LogP contribution is -2.39. The summed E-state index contributed by atoms with van der Waals surface area (Å²) in [5.41, 5.74) is 1.19. The molecule has 28 heavy (non-hydrogen) atoms. The minimum absolute atomic E-state index is 0.0238. The molecule has 0 saturated carbocycles. The summed E-state index contributed by atoms with van der Waals surface area (Å²) in [5.74, 6) is 3.17. The Bertz CT molecular complexity index is 694. The van der Waals surface area contributed by atoms with Gasteiger partial charge in [-0.3, -0.25) is 14.4 Å². The van der Waals surface area contributed by atoms with Gasteiger partial charge < -0.3 is 15.1 Å². The zero-order valence-corrected chi connectivity index (χ0v) is 18.0. The molecule has 0 radical (unpaired) electrons. The van der Waals surface area contributed by atoms with E-state index in [0.29, 0.717) is 42.9 Å². The normalized spacial score (nSPS) is 17.5. The van der Waals surface area contributed by atoms with E-state index in [9.17, 15) is 14.4 Å². The number of carbonyl (C=O) groups excluding carboxylic acids is 3. The average molecular weight is 422 g/mol. The van der Waals surface area contributed by atoms with Crippen molar-refractivity contribution in [3.8, 4) is 0 Å². The van der Waals surface area contributed by atoms with Crippen LogP contribution in [0.1, 0.15) is 44.9 Å². The average Bonchev–Trinajstić information content (AvgIpc) is 2.73. The Labute approximate surface area is 174 Å². The largest absolute Gasteiger partial charge is 0.350 e. The summed E-state index contributed by atoms with van der Waals surface area (Å²) in [6.45, 7) is 6.54. The number of amides is 3. The molecule has 0 aromatic heterocycles. The van der Waals surface area contributed by atoms with Crippen LogP contribution in [0.3, 0.4) is 0 Å². The summed E-state index contributed by atoms with van der Waals surface area (Å²) < 4.78 is 0. The van der Waals surface area contributed by atoms with Crippen LogP contribution in [0.15, 0.2) is 18.2 Å². The standard InChI is InChI=1S/C20H27N3O3S2/c1-14(2)21-18(24)15-11-16(19(25)22-3-7-27-8-4-22)13-17(12-15)20(26)23-5-9-28-10-6-23/h11-14H,3-10H2,1-2H3,(H,21,24). The lowest BCUT2D eigenvalue weighted by Gasteiger charge is -2.28. The van der Waals surface area contributed by atoms with Gasteiger partial charge in [0.2, 0.25) is 0 Å². The second-order valence-corrected chi connectivity index (χ2v) is 9.69. The number of hydrogen-bond donors (Lipinski definition) is 1. The van der Waals surface area contributed by atoms with Crippen LogP contribution in [0.5, 0.6) is 0 Å². The summed E-state index contributed by atoms with van der Waals surface area (Å²) in [6, 6.07) is 4.86. The van der Waals surface area contributed by atoms with Crippen LogP contribution in [-0.4, -0.2) is 82.8 Å². The van der Waals surface area contributed by atoms with Crippen LogP contribution in [0.4, 0.5) is 0 Å². The van der Waals surface area contributed by atoms with Gasteiger partial charge >= 0.3 is 0 Å². The van der Waals surface area contributed by atoms with Gasteiger partial charge in [-0.05, 0) is 32.0 Å². The topological polar surface area (TPSA) is 69.7 Å². The van der Waals surface area contributed by atoms with Crippen molar-refractivity contribution in [3.63, 3.8) is 0 Å². The van der Waals surface area contributed by atoms with Crippen LogP contribution >= 0.6 is 23.5 Å². The lowest BCUT2D eigenvalue weighted by molar-refractivity contribution is 0.0771. The number of hydrogen-bond acceptors (Lipinski definition) is 5. The molecule has 0 atom stereocenters. The first kappa shape index (κ1) is 21.0. The molecule has 2 aliphatic rings. The predicted octanol–water partition coefficient (Wildman–Crippen LogP) is 2.20. The molecule has 0 bridgehead atoms. The first-order valence-electron chi connectivity index (χ1n) is 9.65. The van der Waals surface area contributed by atoms with E-state index in [1.807, 2.05) is 47.2 Å². The molecule has 0 aliphatic carbocycles. The van der Waals surface area contributed by atoms with Gasteiger partial charge in [-0.15, -0.1) is 0 Å². The molecule has 2 saturated heterocycles. The summed E-state index contributed by atoms with van der Waals surface area (Å²) in [6.07, 6.45) is 0. The molecular weight excluding hydrogens is 394 g/mol. The highest BCUT2D eigenvalue weighted by atomic mass is 32.2. The van der Waals surface area contributed by atoms with E-state index in [1.165, 1.54) is 0 Å². The van der Waals surface area contributed by atoms with Crippen molar-refractivity contribution in [2.75, 3.05) is 49.2 Å². The summed E-state index contributed by atoms with van der Waals surface area (Å²) in [7, 11) is 0. The first-order valence-corrected chi connectivity index (χ1v) is 12.0. The van der Waals surface area contributed by atoms with Gasteiger partial charge in [0.15, 0.2) is 0 Å². The summed E-state index contributed by atoms with van der Waals surface area (Å²) >= 11 is 3.66. The Morgan fingerprint density at radius 2 is 1.18 bits per heavy atom. The fourth-order valence-electron chi connectivity index (χ4n) is 3.25. The van der Waals surface area contributed by atoms with E-state index in [4.69, 9.17) is 0 Å². The molecule has 3 rings (SSSR count). The smallest absolute Gasteiger partial charge is 0.253 e. The van der Waals surface area contributed by atoms with Gasteiger partial charge in [0, 0.05) is 71.9 Å². The van der Waals surface area contributed by atoms with Crippen molar-refractivity contribution < 1.29 is 14.4 Å². The van der Waals surface area contributed by atoms with E-state index in [1.54, 1.807) is 18.2 Å². The highest BCUT2D eigenvalue weighted by molar-refractivity contribution is 7.99. The molecule has 0 unspecified atom stereocenters. The van der Waals surface area contributed by atoms with Crippen molar-refractivity contribution >= 4 is 41.2 Å². The molecule has 3 amide bonds. The number of carbonyl (C=O) groups is 3. The monoisotopic (exact) mass is 421 g/mol. The molecule has 2 heterocycles. The zero-order chi connectivity index (χ0) is 20.1. The Balaban J connectivity index is 1.92. The molecule has 2 fully saturated rings. The third-order valence-electron chi connectivity index (χ3n) is 4.71. The van der Waals surface area contributed by atoms with Crippen molar-refractivity contribution in [2.45, 2.75) is 19.9 Å². The third-order valence-corrected chi connectivity index (χ3v) is 6.59. The van der Waals surface area contributed by atoms with Crippen molar-refractivity contribution in [3.05, 3.63) is 34.9 Å². The van der Waals surface area contributed by atoms with Gasteiger partial charge in [0.1, 0.15) is 0 Å². The number of nitrogens with zero attached hydrogens (tertiary/aromatic N) is 2. The van der Waals surface area contributed by atoms with Crippen molar-refractivity contribution in [2.24, 2.45) is 0 Å². The number of thioether (sulfide) groups is 2. The SMILES string of the molecule is CC(C)NC(=O)c1cc(C(=O)N2CCSCC2)cc(C(=O)N2CCSCC2)c1. The number of nitrogens with one attached hydrogen (secondary N) is 1. The Morgan fingerprint density at radius 3 is 1.57 bits per heavy atom. The molecule has 0 spiro atoms. The Hall–Kier alpha value is -1.67. The van der Waals surface area contributed by atoms with Gasteiger partial charge in [-0.1, -0.05) is 0 Å².